The number of guanidine groups is 1. The number of methoxy groups -OCH3 is 1. The summed E-state index contributed by atoms with van der Waals surface area (Å²) >= 11 is 0. The van der Waals surface area contributed by atoms with E-state index in [1.54, 1.807) is 7.11 Å². The highest BCUT2D eigenvalue weighted by Crippen LogP contribution is 2.28. The molecule has 0 heterocycles. The summed E-state index contributed by atoms with van der Waals surface area (Å²) in [5.74, 6) is 6.69. The van der Waals surface area contributed by atoms with Gasteiger partial charge in [0.15, 0.2) is 0 Å². The van der Waals surface area contributed by atoms with Crippen LogP contribution in [0.25, 0.3) is 0 Å². The molecule has 5 nitrogen and oxygen atoms in total. The van der Waals surface area contributed by atoms with Gasteiger partial charge in [0.1, 0.15) is 0 Å². The number of nitrogens with one attached hydrogen (secondary N) is 2. The number of hydrogen-bond acceptors (Lipinski definition) is 3. The molecule has 76 valence electrons. The lowest BCUT2D eigenvalue weighted by Gasteiger charge is -2.07. The first-order chi connectivity index (χ1) is 6.27. The maximum atomic E-state index is 5.29. The molecule has 0 bridgehead atoms. The molecule has 4 N–H and O–H groups in total. The predicted octanol–water partition coefficient (Wildman–Crippen LogP) is -0.550. The third-order valence-corrected chi connectivity index (χ3v) is 2.13. The lowest BCUT2D eigenvalue weighted by molar-refractivity contribution is 0.208. The monoisotopic (exact) mass is 186 g/mol. The summed E-state index contributed by atoms with van der Waals surface area (Å²) in [4.78, 5) is 4.19. The summed E-state index contributed by atoms with van der Waals surface area (Å²) in [6.45, 7) is 3.44. The second-order valence-electron chi connectivity index (χ2n) is 3.33. The van der Waals surface area contributed by atoms with Gasteiger partial charge in [0.05, 0.1) is 13.2 Å². The SMILES string of the molecule is COCCN=C(NN)NC1CC1C. The van der Waals surface area contributed by atoms with Gasteiger partial charge in [0, 0.05) is 13.2 Å². The van der Waals surface area contributed by atoms with Crippen LogP contribution in [-0.4, -0.2) is 32.3 Å². The quantitative estimate of drug-likeness (QED) is 0.181. The van der Waals surface area contributed by atoms with Crippen LogP contribution in [0, 0.1) is 5.92 Å². The Morgan fingerprint density at radius 3 is 2.85 bits per heavy atom. The Balaban J connectivity index is 2.20. The van der Waals surface area contributed by atoms with Crippen molar-refractivity contribution in [2.75, 3.05) is 20.3 Å². The zero-order valence-electron chi connectivity index (χ0n) is 8.21. The van der Waals surface area contributed by atoms with E-state index in [9.17, 15) is 0 Å². The molecule has 0 aromatic heterocycles. The van der Waals surface area contributed by atoms with E-state index in [4.69, 9.17) is 10.6 Å². The fraction of sp³-hybridized carbons (Fsp3) is 0.875. The van der Waals surface area contributed by atoms with Crippen molar-refractivity contribution >= 4 is 5.96 Å². The van der Waals surface area contributed by atoms with Gasteiger partial charge < -0.3 is 10.1 Å². The third-order valence-electron chi connectivity index (χ3n) is 2.13. The molecule has 1 rings (SSSR count). The number of nitrogens with zero attached hydrogens (tertiary/aromatic N) is 1. The van der Waals surface area contributed by atoms with E-state index in [-0.39, 0.29) is 0 Å². The van der Waals surface area contributed by atoms with Crippen molar-refractivity contribution in [1.82, 2.24) is 10.7 Å². The van der Waals surface area contributed by atoms with Gasteiger partial charge in [0.2, 0.25) is 5.96 Å². The van der Waals surface area contributed by atoms with Crippen LogP contribution in [0.5, 0.6) is 0 Å². The number of rotatable bonds is 4. The van der Waals surface area contributed by atoms with Crippen LogP contribution < -0.4 is 16.6 Å². The standard InChI is InChI=1S/C8H18N4O/c1-6-5-7(6)11-8(12-9)10-3-4-13-2/h6-7H,3-5,9H2,1-2H3,(H2,10,11,12). The highest BCUT2D eigenvalue weighted by molar-refractivity contribution is 5.79. The lowest BCUT2D eigenvalue weighted by atomic mass is 10.5. The smallest absolute Gasteiger partial charge is 0.206 e. The molecule has 0 aromatic carbocycles. The minimum absolute atomic E-state index is 0.539. The zero-order valence-corrected chi connectivity index (χ0v) is 8.21. The normalized spacial score (nSPS) is 27.2. The fourth-order valence-electron chi connectivity index (χ4n) is 1.08. The van der Waals surface area contributed by atoms with Gasteiger partial charge >= 0.3 is 0 Å². The Bertz CT molecular complexity index is 183. The Morgan fingerprint density at radius 1 is 1.69 bits per heavy atom. The third kappa shape index (κ3) is 3.61. The minimum atomic E-state index is 0.539. The molecule has 2 atom stereocenters. The van der Waals surface area contributed by atoms with Crippen molar-refractivity contribution in [1.29, 1.82) is 0 Å². The van der Waals surface area contributed by atoms with Gasteiger partial charge in [-0.3, -0.25) is 5.43 Å². The molecule has 0 amide bonds. The van der Waals surface area contributed by atoms with Crippen molar-refractivity contribution in [2.45, 2.75) is 19.4 Å². The Hall–Kier alpha value is -0.810. The van der Waals surface area contributed by atoms with Gasteiger partial charge in [-0.1, -0.05) is 6.92 Å². The van der Waals surface area contributed by atoms with Crippen molar-refractivity contribution in [3.8, 4) is 0 Å². The Morgan fingerprint density at radius 2 is 2.38 bits per heavy atom. The molecular weight excluding hydrogens is 168 g/mol. The van der Waals surface area contributed by atoms with E-state index < -0.39 is 0 Å². The maximum absolute atomic E-state index is 5.29. The summed E-state index contributed by atoms with van der Waals surface area (Å²) in [6, 6.07) is 0.539. The molecule has 1 fully saturated rings. The number of hydrazine groups is 1. The fourth-order valence-corrected chi connectivity index (χ4v) is 1.08. The van der Waals surface area contributed by atoms with Crippen molar-refractivity contribution < 1.29 is 4.74 Å². The van der Waals surface area contributed by atoms with E-state index in [1.165, 1.54) is 6.42 Å². The van der Waals surface area contributed by atoms with E-state index in [0.29, 0.717) is 25.2 Å². The second kappa shape index (κ2) is 5.04. The molecule has 0 aliphatic heterocycles. The van der Waals surface area contributed by atoms with Crippen molar-refractivity contribution in [3.05, 3.63) is 0 Å². The molecule has 1 saturated carbocycles. The molecule has 2 unspecified atom stereocenters. The minimum Gasteiger partial charge on any atom is -0.383 e. The average molecular weight is 186 g/mol. The van der Waals surface area contributed by atoms with Crippen LogP contribution in [0.2, 0.25) is 0 Å². The van der Waals surface area contributed by atoms with E-state index in [1.807, 2.05) is 0 Å². The molecule has 0 aromatic rings. The molecule has 1 aliphatic rings. The van der Waals surface area contributed by atoms with Crippen molar-refractivity contribution in [2.24, 2.45) is 16.8 Å². The molecule has 1 aliphatic carbocycles. The molecular formula is C8H18N4O. The summed E-state index contributed by atoms with van der Waals surface area (Å²) < 4.78 is 4.87. The second-order valence-corrected chi connectivity index (χ2v) is 3.33. The highest BCUT2D eigenvalue weighted by atomic mass is 16.5. The lowest BCUT2D eigenvalue weighted by Crippen LogP contribution is -2.43. The average Bonchev–Trinajstić information content (AvgIpc) is 2.80. The molecule has 5 heteroatoms. The van der Waals surface area contributed by atoms with Crippen LogP contribution in [0.3, 0.4) is 0 Å². The van der Waals surface area contributed by atoms with Crippen LogP contribution >= 0.6 is 0 Å². The van der Waals surface area contributed by atoms with Gasteiger partial charge in [-0.05, 0) is 12.3 Å². The number of ether oxygens (including phenoxy) is 1. The highest BCUT2D eigenvalue weighted by Gasteiger charge is 2.33. The number of nitrogens with two attached hydrogens (primary N) is 1. The first-order valence-electron chi connectivity index (χ1n) is 4.54. The molecule has 0 saturated heterocycles. The van der Waals surface area contributed by atoms with Gasteiger partial charge in [-0.25, -0.2) is 10.8 Å². The van der Waals surface area contributed by atoms with Gasteiger partial charge in [-0.2, -0.15) is 0 Å². The van der Waals surface area contributed by atoms with E-state index >= 15 is 0 Å². The van der Waals surface area contributed by atoms with Gasteiger partial charge in [0.25, 0.3) is 0 Å². The van der Waals surface area contributed by atoms with Crippen LogP contribution in [-0.2, 0) is 4.74 Å². The zero-order chi connectivity index (χ0) is 9.68. The Kier molecular flexibility index (Phi) is 3.98. The molecule has 13 heavy (non-hydrogen) atoms. The molecule has 0 radical (unpaired) electrons. The van der Waals surface area contributed by atoms with Crippen LogP contribution in [0.1, 0.15) is 13.3 Å². The first kappa shape index (κ1) is 10.3. The van der Waals surface area contributed by atoms with Gasteiger partial charge in [-0.15, -0.1) is 0 Å². The summed E-state index contributed by atoms with van der Waals surface area (Å²) in [7, 11) is 1.65. The predicted molar refractivity (Wildman–Crippen MR) is 52.2 cm³/mol. The maximum Gasteiger partial charge on any atom is 0.206 e. The van der Waals surface area contributed by atoms with Crippen LogP contribution in [0.15, 0.2) is 4.99 Å². The van der Waals surface area contributed by atoms with Crippen molar-refractivity contribution in [3.63, 3.8) is 0 Å². The number of hydrogen-bond donors (Lipinski definition) is 3. The van der Waals surface area contributed by atoms with Crippen LogP contribution in [0.4, 0.5) is 0 Å². The first-order valence-corrected chi connectivity index (χ1v) is 4.54. The Labute approximate surface area is 78.7 Å². The van der Waals surface area contributed by atoms with E-state index in [2.05, 4.69) is 22.7 Å². The summed E-state index contributed by atoms with van der Waals surface area (Å²) in [6.07, 6.45) is 1.20. The van der Waals surface area contributed by atoms with E-state index in [0.717, 1.165) is 5.92 Å². The summed E-state index contributed by atoms with van der Waals surface area (Å²) in [5, 5.41) is 3.21. The summed E-state index contributed by atoms with van der Waals surface area (Å²) in [5.41, 5.74) is 2.54. The topological polar surface area (TPSA) is 71.7 Å². The number of aliphatic imine (C=N–C) groups is 1. The largest absolute Gasteiger partial charge is 0.383 e. The molecule has 0 spiro atoms.